The van der Waals surface area contributed by atoms with Crippen LogP contribution in [-0.2, 0) is 16.1 Å². The number of nitrogens with one attached hydrogen (secondary N) is 1. The zero-order chi connectivity index (χ0) is 18.4. The molecular formula is C17H15ClN2O5. The molecule has 0 atom stereocenters. The van der Waals surface area contributed by atoms with Gasteiger partial charge in [-0.2, -0.15) is 0 Å². The molecule has 0 bridgehead atoms. The molecule has 25 heavy (non-hydrogen) atoms. The number of nitrogens with zero attached hydrogens (tertiary/aromatic N) is 1. The summed E-state index contributed by atoms with van der Waals surface area (Å²) < 4.78 is 4.84. The van der Waals surface area contributed by atoms with Crippen LogP contribution in [0.5, 0.6) is 0 Å². The van der Waals surface area contributed by atoms with Crippen molar-refractivity contribution in [2.75, 3.05) is 6.61 Å². The summed E-state index contributed by atoms with van der Waals surface area (Å²) in [5.41, 5.74) is 1.22. The summed E-state index contributed by atoms with van der Waals surface area (Å²) in [4.78, 5) is 34.0. The van der Waals surface area contributed by atoms with E-state index < -0.39 is 29.1 Å². The van der Waals surface area contributed by atoms with Crippen LogP contribution in [0.3, 0.4) is 0 Å². The van der Waals surface area contributed by atoms with E-state index in [0.29, 0.717) is 6.54 Å². The molecule has 0 aliphatic carbocycles. The molecule has 0 fully saturated rings. The molecule has 2 rings (SSSR count). The number of nitro benzene ring substituents is 1. The first kappa shape index (κ1) is 18.4. The summed E-state index contributed by atoms with van der Waals surface area (Å²) in [5.74, 6) is -1.50. The van der Waals surface area contributed by atoms with Gasteiger partial charge >= 0.3 is 5.97 Å². The molecule has 0 aliphatic heterocycles. The molecule has 0 aromatic heterocycles. The van der Waals surface area contributed by atoms with Crippen LogP contribution in [0.1, 0.15) is 21.5 Å². The molecule has 2 aromatic carbocycles. The van der Waals surface area contributed by atoms with Crippen molar-refractivity contribution in [2.45, 2.75) is 13.5 Å². The lowest BCUT2D eigenvalue weighted by atomic mass is 10.1. The number of benzene rings is 2. The number of hydrogen-bond acceptors (Lipinski definition) is 5. The number of carbonyl (C=O) groups excluding carboxylic acids is 2. The van der Waals surface area contributed by atoms with E-state index in [1.54, 1.807) is 0 Å². The largest absolute Gasteiger partial charge is 0.452 e. The molecule has 8 heteroatoms. The minimum absolute atomic E-state index is 0.154. The van der Waals surface area contributed by atoms with Gasteiger partial charge in [0, 0.05) is 17.6 Å². The molecule has 0 spiro atoms. The maximum atomic E-state index is 12.0. The van der Waals surface area contributed by atoms with Gasteiger partial charge in [0.2, 0.25) is 0 Å². The van der Waals surface area contributed by atoms with Gasteiger partial charge in [-0.3, -0.25) is 14.9 Å². The maximum Gasteiger partial charge on any atom is 0.345 e. The van der Waals surface area contributed by atoms with Crippen LogP contribution in [0.25, 0.3) is 0 Å². The zero-order valence-corrected chi connectivity index (χ0v) is 14.1. The summed E-state index contributed by atoms with van der Waals surface area (Å²) in [7, 11) is 0. The predicted octanol–water partition coefficient (Wildman–Crippen LogP) is 3.03. The standard InChI is InChI=1S/C17H15ClN2O5/c1-11-4-2-3-5-12(11)9-19-16(21)10-25-17(22)14-8-13(18)6-7-15(14)20(23)24/h2-8H,9-10H2,1H3,(H,19,21). The predicted molar refractivity (Wildman–Crippen MR) is 91.4 cm³/mol. The first-order chi connectivity index (χ1) is 11.9. The maximum absolute atomic E-state index is 12.0. The third kappa shape index (κ3) is 5.02. The van der Waals surface area contributed by atoms with Crippen LogP contribution in [0, 0.1) is 17.0 Å². The number of rotatable bonds is 6. The zero-order valence-electron chi connectivity index (χ0n) is 13.3. The van der Waals surface area contributed by atoms with Gasteiger partial charge in [0.05, 0.1) is 4.92 Å². The van der Waals surface area contributed by atoms with Crippen molar-refractivity contribution in [3.63, 3.8) is 0 Å². The topological polar surface area (TPSA) is 98.5 Å². The Hall–Kier alpha value is -2.93. The Labute approximate surface area is 148 Å². The number of nitro groups is 1. The number of halogens is 1. The van der Waals surface area contributed by atoms with Crippen molar-refractivity contribution in [1.82, 2.24) is 5.32 Å². The van der Waals surface area contributed by atoms with E-state index in [0.717, 1.165) is 23.3 Å². The lowest BCUT2D eigenvalue weighted by Gasteiger charge is -2.09. The Balaban J connectivity index is 1.94. The van der Waals surface area contributed by atoms with Crippen molar-refractivity contribution >= 4 is 29.2 Å². The van der Waals surface area contributed by atoms with Crippen LogP contribution in [0.15, 0.2) is 42.5 Å². The first-order valence-corrected chi connectivity index (χ1v) is 7.68. The molecule has 0 unspecified atom stereocenters. The highest BCUT2D eigenvalue weighted by molar-refractivity contribution is 6.31. The lowest BCUT2D eigenvalue weighted by molar-refractivity contribution is -0.385. The van der Waals surface area contributed by atoms with Crippen LogP contribution in [0.4, 0.5) is 5.69 Å². The molecule has 0 saturated heterocycles. The van der Waals surface area contributed by atoms with Crippen molar-refractivity contribution in [3.8, 4) is 0 Å². The highest BCUT2D eigenvalue weighted by Crippen LogP contribution is 2.23. The van der Waals surface area contributed by atoms with Gasteiger partial charge < -0.3 is 10.1 Å². The Kier molecular flexibility index (Phi) is 6.08. The Morgan fingerprint density at radius 1 is 1.24 bits per heavy atom. The Bertz CT molecular complexity index is 822. The van der Waals surface area contributed by atoms with E-state index >= 15 is 0 Å². The highest BCUT2D eigenvalue weighted by Gasteiger charge is 2.22. The molecular weight excluding hydrogens is 348 g/mol. The second-order valence-electron chi connectivity index (χ2n) is 5.20. The monoisotopic (exact) mass is 362 g/mol. The van der Waals surface area contributed by atoms with E-state index in [-0.39, 0.29) is 10.6 Å². The van der Waals surface area contributed by atoms with Gasteiger partial charge in [0.25, 0.3) is 11.6 Å². The van der Waals surface area contributed by atoms with Crippen molar-refractivity contribution in [1.29, 1.82) is 0 Å². The molecule has 0 aliphatic rings. The molecule has 7 nitrogen and oxygen atoms in total. The van der Waals surface area contributed by atoms with Crippen LogP contribution in [0.2, 0.25) is 5.02 Å². The lowest BCUT2D eigenvalue weighted by Crippen LogP contribution is -2.28. The third-order valence-electron chi connectivity index (χ3n) is 3.45. The molecule has 0 saturated carbocycles. The van der Waals surface area contributed by atoms with Gasteiger partial charge in [-0.05, 0) is 30.2 Å². The van der Waals surface area contributed by atoms with Crippen LogP contribution in [-0.4, -0.2) is 23.4 Å². The van der Waals surface area contributed by atoms with E-state index in [4.69, 9.17) is 16.3 Å². The summed E-state index contributed by atoms with van der Waals surface area (Å²) in [5, 5.41) is 13.7. The number of aryl methyl sites for hydroxylation is 1. The SMILES string of the molecule is Cc1ccccc1CNC(=O)COC(=O)c1cc(Cl)ccc1[N+](=O)[O-]. The first-order valence-electron chi connectivity index (χ1n) is 7.30. The molecule has 1 amide bonds. The average molecular weight is 363 g/mol. The molecule has 0 heterocycles. The summed E-state index contributed by atoms with van der Waals surface area (Å²) in [6.07, 6.45) is 0. The smallest absolute Gasteiger partial charge is 0.345 e. The number of ether oxygens (including phenoxy) is 1. The normalized spacial score (nSPS) is 10.2. The fraction of sp³-hybridized carbons (Fsp3) is 0.176. The van der Waals surface area contributed by atoms with Crippen LogP contribution < -0.4 is 5.32 Å². The van der Waals surface area contributed by atoms with Gasteiger partial charge in [-0.25, -0.2) is 4.79 Å². The van der Waals surface area contributed by atoms with E-state index in [1.807, 2.05) is 31.2 Å². The second kappa shape index (κ2) is 8.25. The number of amides is 1. The minimum atomic E-state index is -0.986. The second-order valence-corrected chi connectivity index (χ2v) is 5.63. The molecule has 2 aromatic rings. The van der Waals surface area contributed by atoms with Crippen molar-refractivity contribution < 1.29 is 19.2 Å². The Morgan fingerprint density at radius 2 is 1.96 bits per heavy atom. The van der Waals surface area contributed by atoms with E-state index in [1.165, 1.54) is 6.07 Å². The average Bonchev–Trinajstić information content (AvgIpc) is 2.58. The fourth-order valence-corrected chi connectivity index (χ4v) is 2.27. The Morgan fingerprint density at radius 3 is 2.64 bits per heavy atom. The molecule has 0 radical (unpaired) electrons. The number of hydrogen-bond donors (Lipinski definition) is 1. The summed E-state index contributed by atoms with van der Waals surface area (Å²) >= 11 is 5.75. The highest BCUT2D eigenvalue weighted by atomic mass is 35.5. The van der Waals surface area contributed by atoms with Gasteiger partial charge in [-0.1, -0.05) is 35.9 Å². The van der Waals surface area contributed by atoms with Gasteiger partial charge in [-0.15, -0.1) is 0 Å². The van der Waals surface area contributed by atoms with E-state index in [2.05, 4.69) is 5.32 Å². The molecule has 1 N–H and O–H groups in total. The number of esters is 1. The fourth-order valence-electron chi connectivity index (χ4n) is 2.09. The number of carbonyl (C=O) groups is 2. The summed E-state index contributed by atoms with van der Waals surface area (Å²) in [6, 6.07) is 11.1. The summed E-state index contributed by atoms with van der Waals surface area (Å²) in [6.45, 7) is 1.66. The molecule has 130 valence electrons. The van der Waals surface area contributed by atoms with Gasteiger partial charge in [0.1, 0.15) is 5.56 Å². The van der Waals surface area contributed by atoms with Crippen molar-refractivity contribution in [2.24, 2.45) is 0 Å². The van der Waals surface area contributed by atoms with Crippen LogP contribution >= 0.6 is 11.6 Å². The quantitative estimate of drug-likeness (QED) is 0.483. The third-order valence-corrected chi connectivity index (χ3v) is 3.68. The van der Waals surface area contributed by atoms with Gasteiger partial charge in [0.15, 0.2) is 6.61 Å². The minimum Gasteiger partial charge on any atom is -0.452 e. The van der Waals surface area contributed by atoms with Crippen molar-refractivity contribution in [3.05, 3.63) is 74.3 Å². The van der Waals surface area contributed by atoms with E-state index in [9.17, 15) is 19.7 Å².